The molecule has 0 unspecified atom stereocenters. The predicted molar refractivity (Wildman–Crippen MR) is 206 cm³/mol. The van der Waals surface area contributed by atoms with E-state index in [2.05, 4.69) is 169 Å². The van der Waals surface area contributed by atoms with Gasteiger partial charge in [0.15, 0.2) is 0 Å². The highest BCUT2D eigenvalue weighted by Crippen LogP contribution is 2.29. The predicted octanol–water partition coefficient (Wildman–Crippen LogP) is 14.3. The summed E-state index contributed by atoms with van der Waals surface area (Å²) in [7, 11) is 0. The van der Waals surface area contributed by atoms with E-state index in [1.54, 1.807) is 18.2 Å². The lowest BCUT2D eigenvalue weighted by Gasteiger charge is -2.08. The fraction of sp³-hybridized carbons (Fsp3) is 0.368. The first-order chi connectivity index (χ1) is 20.4. The highest BCUT2D eigenvalue weighted by Gasteiger charge is 2.05. The quantitative estimate of drug-likeness (QED) is 0.215. The molecule has 4 aromatic carbocycles. The molecule has 0 aromatic heterocycles. The van der Waals surface area contributed by atoms with Gasteiger partial charge >= 0.3 is 0 Å². The second-order valence-corrected chi connectivity index (χ2v) is 15.5. The molecule has 44 heavy (non-hydrogen) atoms. The molecule has 0 aliphatic heterocycles. The van der Waals surface area contributed by atoms with Gasteiger partial charge in [-0.2, -0.15) is 0 Å². The molecule has 0 fully saturated rings. The van der Waals surface area contributed by atoms with Crippen molar-refractivity contribution in [3.8, 4) is 11.5 Å². The van der Waals surface area contributed by atoms with Gasteiger partial charge in [0, 0.05) is 13.4 Å². The van der Waals surface area contributed by atoms with Crippen LogP contribution in [0.25, 0.3) is 0 Å². The summed E-state index contributed by atoms with van der Waals surface area (Å²) in [6.07, 6.45) is 0. The molecule has 0 radical (unpaired) electrons. The van der Waals surface area contributed by atoms with Gasteiger partial charge in [0.2, 0.25) is 0 Å². The first-order valence-corrected chi connectivity index (χ1v) is 18.1. The number of benzene rings is 4. The number of rotatable bonds is 4. The van der Waals surface area contributed by atoms with E-state index in [0.717, 1.165) is 20.1 Å². The van der Waals surface area contributed by atoms with E-state index in [1.165, 1.54) is 31.2 Å². The van der Waals surface area contributed by atoms with Gasteiger partial charge < -0.3 is 10.2 Å². The van der Waals surface area contributed by atoms with Gasteiger partial charge in [-0.3, -0.25) is 0 Å². The Morgan fingerprint density at radius 1 is 0.455 bits per heavy atom. The number of hydrogen-bond acceptors (Lipinski definition) is 2. The van der Waals surface area contributed by atoms with Crippen molar-refractivity contribution < 1.29 is 10.2 Å². The molecule has 6 heteroatoms. The highest BCUT2D eigenvalue weighted by molar-refractivity contribution is 9.11. The Morgan fingerprint density at radius 2 is 0.886 bits per heavy atom. The van der Waals surface area contributed by atoms with Gasteiger partial charge in [-0.25, -0.2) is 0 Å². The van der Waals surface area contributed by atoms with Crippen LogP contribution in [-0.2, 0) is 0 Å². The Bertz CT molecular complexity index is 1350. The van der Waals surface area contributed by atoms with Crippen molar-refractivity contribution in [3.63, 3.8) is 0 Å². The Kier molecular flexibility index (Phi) is 18.2. The normalized spacial score (nSPS) is 10.6. The topological polar surface area (TPSA) is 40.5 Å². The van der Waals surface area contributed by atoms with Crippen LogP contribution in [0, 0.1) is 13.8 Å². The maximum absolute atomic E-state index is 9.30. The standard InChI is InChI=1S/2C10H13Br.2C9H11BrO/c1-7(2)9-4-5-10(11)8(3)6-9;1-7(2)9-6-8(3)4-5-10(9)11;1-6(2)8-5-7(11)3-4-9(8)10;1-6(2)7-3-4-8(10)9(11)5-7/h2*4-7H,1-3H3;2*3-6,11H,1-2H3. The lowest BCUT2D eigenvalue weighted by molar-refractivity contribution is 0.470. The molecule has 0 heterocycles. The number of phenolic OH excluding ortho intramolecular Hbond substituents is 2. The summed E-state index contributed by atoms with van der Waals surface area (Å²) < 4.78 is 4.23. The monoisotopic (exact) mass is 852 g/mol. The molecule has 4 aromatic rings. The highest BCUT2D eigenvalue weighted by atomic mass is 79.9. The number of halogens is 4. The van der Waals surface area contributed by atoms with E-state index in [-0.39, 0.29) is 0 Å². The molecule has 0 aliphatic carbocycles. The molecule has 0 bridgehead atoms. The maximum Gasteiger partial charge on any atom is 0.130 e. The summed E-state index contributed by atoms with van der Waals surface area (Å²) in [5, 5.41) is 18.5. The average molecular weight is 856 g/mol. The molecule has 2 nitrogen and oxygen atoms in total. The summed E-state index contributed by atoms with van der Waals surface area (Å²) in [6.45, 7) is 21.5. The third-order valence-corrected chi connectivity index (χ3v) is 9.87. The molecule has 2 N–H and O–H groups in total. The SMILES string of the molecule is CC(C)c1cc(O)ccc1Br.CC(C)c1ccc(Br)c(O)c1.Cc1cc(C(C)C)ccc1Br.Cc1ccc(Br)c(C(C)C)c1. The van der Waals surface area contributed by atoms with Gasteiger partial charge in [-0.15, -0.1) is 0 Å². The van der Waals surface area contributed by atoms with Crippen LogP contribution in [0.3, 0.4) is 0 Å². The number of aromatic hydroxyl groups is 2. The van der Waals surface area contributed by atoms with Crippen LogP contribution in [0.4, 0.5) is 0 Å². The second kappa shape index (κ2) is 19.8. The molecule has 0 saturated heterocycles. The van der Waals surface area contributed by atoms with Gasteiger partial charge in [-0.05, 0) is 124 Å². The van der Waals surface area contributed by atoms with Crippen molar-refractivity contribution in [3.05, 3.63) is 124 Å². The van der Waals surface area contributed by atoms with Crippen LogP contribution in [-0.4, -0.2) is 10.2 Å². The molecule has 4 rings (SSSR count). The van der Waals surface area contributed by atoms with Crippen LogP contribution < -0.4 is 0 Å². The minimum atomic E-state index is 0.316. The average Bonchev–Trinajstić information content (AvgIpc) is 2.95. The van der Waals surface area contributed by atoms with E-state index in [4.69, 9.17) is 5.11 Å². The van der Waals surface area contributed by atoms with Crippen LogP contribution in [0.1, 0.15) is 112 Å². The fourth-order valence-corrected chi connectivity index (χ4v) is 5.90. The van der Waals surface area contributed by atoms with Crippen LogP contribution in [0.5, 0.6) is 11.5 Å². The van der Waals surface area contributed by atoms with Crippen molar-refractivity contribution in [2.75, 3.05) is 0 Å². The smallest absolute Gasteiger partial charge is 0.130 e. The Hall–Kier alpha value is -1.60. The lowest BCUT2D eigenvalue weighted by atomic mass is 10.0. The van der Waals surface area contributed by atoms with Gasteiger partial charge in [0.25, 0.3) is 0 Å². The maximum atomic E-state index is 9.30. The van der Waals surface area contributed by atoms with Crippen LogP contribution in [0.2, 0.25) is 0 Å². The van der Waals surface area contributed by atoms with Crippen LogP contribution >= 0.6 is 63.7 Å². The zero-order valence-corrected chi connectivity index (χ0v) is 34.0. The fourth-order valence-electron chi connectivity index (χ4n) is 4.00. The van der Waals surface area contributed by atoms with E-state index >= 15 is 0 Å². The molecule has 0 spiro atoms. The molecule has 0 saturated carbocycles. The lowest BCUT2D eigenvalue weighted by Crippen LogP contribution is -1.89. The largest absolute Gasteiger partial charge is 0.508 e. The van der Waals surface area contributed by atoms with Crippen molar-refractivity contribution in [1.29, 1.82) is 0 Å². The minimum Gasteiger partial charge on any atom is -0.508 e. The number of aryl methyl sites for hydroxylation is 2. The molecule has 240 valence electrons. The first kappa shape index (κ1) is 40.4. The second-order valence-electron chi connectivity index (χ2n) is 12.1. The molecule has 0 aliphatic rings. The van der Waals surface area contributed by atoms with Crippen molar-refractivity contribution in [2.45, 2.75) is 92.9 Å². The Balaban J connectivity index is 0.000000293. The third-order valence-electron chi connectivity index (χ3n) is 6.86. The van der Waals surface area contributed by atoms with Crippen LogP contribution in [0.15, 0.2) is 90.7 Å². The number of phenols is 2. The zero-order valence-electron chi connectivity index (χ0n) is 27.6. The van der Waals surface area contributed by atoms with Gasteiger partial charge in [0.05, 0.1) is 4.47 Å². The van der Waals surface area contributed by atoms with Crippen molar-refractivity contribution in [2.24, 2.45) is 0 Å². The van der Waals surface area contributed by atoms with E-state index < -0.39 is 0 Å². The summed E-state index contributed by atoms with van der Waals surface area (Å²) >= 11 is 13.7. The zero-order chi connectivity index (χ0) is 33.7. The minimum absolute atomic E-state index is 0.316. The van der Waals surface area contributed by atoms with Gasteiger partial charge in [-0.1, -0.05) is 139 Å². The van der Waals surface area contributed by atoms with E-state index in [1.807, 2.05) is 18.2 Å². The summed E-state index contributed by atoms with van der Waals surface area (Å²) in [5.41, 5.74) is 7.75. The molecular weight excluding hydrogens is 808 g/mol. The molecule has 0 amide bonds. The summed E-state index contributed by atoms with van der Waals surface area (Å²) in [4.78, 5) is 0. The van der Waals surface area contributed by atoms with Crippen molar-refractivity contribution in [1.82, 2.24) is 0 Å². The number of hydrogen-bond donors (Lipinski definition) is 2. The Labute approximate surface area is 300 Å². The Morgan fingerprint density at radius 3 is 1.30 bits per heavy atom. The van der Waals surface area contributed by atoms with Crippen molar-refractivity contribution >= 4 is 63.7 Å². The first-order valence-electron chi connectivity index (χ1n) is 14.9. The third kappa shape index (κ3) is 14.2. The molecular formula is C38H48Br4O2. The molecule has 0 atom stereocenters. The van der Waals surface area contributed by atoms with E-state index in [0.29, 0.717) is 35.2 Å². The summed E-state index contributed by atoms with van der Waals surface area (Å²) in [5.74, 6) is 2.78. The van der Waals surface area contributed by atoms with E-state index in [9.17, 15) is 5.11 Å². The summed E-state index contributed by atoms with van der Waals surface area (Å²) in [6, 6.07) is 24.0. The van der Waals surface area contributed by atoms with Gasteiger partial charge in [0.1, 0.15) is 11.5 Å².